The summed E-state index contributed by atoms with van der Waals surface area (Å²) >= 11 is 3.15. The van der Waals surface area contributed by atoms with Crippen LogP contribution in [0.15, 0.2) is 12.3 Å². The smallest absolute Gasteiger partial charge is 0.139 e. The summed E-state index contributed by atoms with van der Waals surface area (Å²) in [5, 5.41) is 9.53. The Morgan fingerprint density at radius 1 is 1.83 bits per heavy atom. The first-order valence-corrected chi connectivity index (χ1v) is 2.61. The number of hydrogen-bond acceptors (Lipinski definition) is 0. The minimum atomic E-state index is 0.218. The Morgan fingerprint density at radius 3 is 2.33 bits per heavy atom. The molecule has 0 bridgehead atoms. The largest absolute Gasteiger partial charge is 0.299 e. The number of halogens is 1. The first-order chi connectivity index (χ1) is 2.77. The van der Waals surface area contributed by atoms with Crippen LogP contribution in [0.1, 0.15) is 6.92 Å². The molecule has 0 aromatic carbocycles. The van der Waals surface area contributed by atoms with Gasteiger partial charge in [0.25, 0.3) is 0 Å². The maximum atomic E-state index is 9.53. The van der Waals surface area contributed by atoms with Crippen molar-refractivity contribution in [3.05, 3.63) is 12.3 Å². The third kappa shape index (κ3) is 4.02. The van der Waals surface area contributed by atoms with Crippen LogP contribution in [-0.2, 0) is 5.11 Å². The van der Waals surface area contributed by atoms with E-state index in [9.17, 15) is 5.11 Å². The van der Waals surface area contributed by atoms with E-state index >= 15 is 0 Å². The van der Waals surface area contributed by atoms with E-state index < -0.39 is 0 Å². The monoisotopic (exact) mass is 149 g/mol. The fourth-order valence-corrected chi connectivity index (χ4v) is 0.233. The molecule has 0 heterocycles. The predicted molar refractivity (Wildman–Crippen MR) is 28.2 cm³/mol. The molecule has 1 nitrogen and oxygen atoms in total. The van der Waals surface area contributed by atoms with Crippen molar-refractivity contribution in [1.29, 1.82) is 0 Å². The van der Waals surface area contributed by atoms with Gasteiger partial charge in [-0.1, -0.05) is 15.9 Å². The molecule has 6 heavy (non-hydrogen) atoms. The molecule has 1 atom stereocenters. The molecule has 0 aliphatic carbocycles. The van der Waals surface area contributed by atoms with Crippen LogP contribution < -0.4 is 0 Å². The van der Waals surface area contributed by atoms with Crippen molar-refractivity contribution in [2.45, 2.75) is 11.8 Å². The Hall–Kier alpha value is 0.0200. The maximum Gasteiger partial charge on any atom is 0.139 e. The van der Waals surface area contributed by atoms with Crippen molar-refractivity contribution in [3.63, 3.8) is 0 Å². The molecule has 1 unspecified atom stereocenters. The normalized spacial score (nSPS) is 15.7. The summed E-state index contributed by atoms with van der Waals surface area (Å²) in [4.78, 5) is 0.218. The highest BCUT2D eigenvalue weighted by Crippen LogP contribution is 1.96. The molecule has 0 aromatic rings. The molecule has 0 rings (SSSR count). The van der Waals surface area contributed by atoms with Crippen LogP contribution in [-0.4, -0.2) is 4.83 Å². The SMILES string of the molecule is CC(Br)/C=C/[O]. The van der Waals surface area contributed by atoms with Gasteiger partial charge in [0.2, 0.25) is 0 Å². The van der Waals surface area contributed by atoms with Gasteiger partial charge in [-0.2, -0.15) is 0 Å². The molecule has 1 radical (unpaired) electrons. The van der Waals surface area contributed by atoms with Crippen LogP contribution in [0.3, 0.4) is 0 Å². The highest BCUT2D eigenvalue weighted by atomic mass is 79.9. The van der Waals surface area contributed by atoms with Gasteiger partial charge in [0.15, 0.2) is 0 Å². The number of alkyl halides is 1. The molecule has 0 saturated heterocycles. The summed E-state index contributed by atoms with van der Waals surface area (Å²) < 4.78 is 0. The standard InChI is InChI=1S/C4H6BrO/c1-4(5)2-3-6/h2-4H,1H3/b3-2+. The summed E-state index contributed by atoms with van der Waals surface area (Å²) in [7, 11) is 0. The quantitative estimate of drug-likeness (QED) is 0.400. The van der Waals surface area contributed by atoms with Crippen molar-refractivity contribution in [1.82, 2.24) is 0 Å². The predicted octanol–water partition coefficient (Wildman–Crippen LogP) is 1.71. The molecular weight excluding hydrogens is 144 g/mol. The topological polar surface area (TPSA) is 19.9 Å². The van der Waals surface area contributed by atoms with Gasteiger partial charge in [0.05, 0.1) is 0 Å². The average molecular weight is 150 g/mol. The van der Waals surface area contributed by atoms with Crippen molar-refractivity contribution in [2.24, 2.45) is 0 Å². The van der Waals surface area contributed by atoms with Gasteiger partial charge in [0.1, 0.15) is 6.26 Å². The second-order valence-corrected chi connectivity index (χ2v) is 2.45. The zero-order valence-electron chi connectivity index (χ0n) is 3.52. The highest BCUT2D eigenvalue weighted by molar-refractivity contribution is 9.09. The minimum absolute atomic E-state index is 0.218. The van der Waals surface area contributed by atoms with Gasteiger partial charge in [-0.15, -0.1) is 0 Å². The van der Waals surface area contributed by atoms with Crippen molar-refractivity contribution in [3.8, 4) is 0 Å². The van der Waals surface area contributed by atoms with Crippen LogP contribution in [0.2, 0.25) is 0 Å². The van der Waals surface area contributed by atoms with Crippen LogP contribution in [0.5, 0.6) is 0 Å². The molecule has 35 valence electrons. The molecule has 0 N–H and O–H groups in total. The van der Waals surface area contributed by atoms with Gasteiger partial charge in [0, 0.05) is 4.83 Å². The van der Waals surface area contributed by atoms with Gasteiger partial charge in [-0.3, -0.25) is 5.11 Å². The third-order valence-electron chi connectivity index (χ3n) is 0.344. The summed E-state index contributed by atoms with van der Waals surface area (Å²) in [6.07, 6.45) is 2.30. The van der Waals surface area contributed by atoms with Crippen LogP contribution >= 0.6 is 15.9 Å². The molecule has 0 fully saturated rings. The summed E-state index contributed by atoms with van der Waals surface area (Å²) in [5.41, 5.74) is 0. The van der Waals surface area contributed by atoms with Crippen LogP contribution in [0.4, 0.5) is 0 Å². The molecule has 0 aromatic heterocycles. The van der Waals surface area contributed by atoms with E-state index in [-0.39, 0.29) is 4.83 Å². The molecule has 0 spiro atoms. The van der Waals surface area contributed by atoms with Gasteiger partial charge < -0.3 is 0 Å². The molecule has 0 aliphatic rings. The van der Waals surface area contributed by atoms with Crippen molar-refractivity contribution in [2.75, 3.05) is 0 Å². The molecular formula is C4H6BrO. The van der Waals surface area contributed by atoms with Crippen LogP contribution in [0, 0.1) is 0 Å². The fourth-order valence-electron chi connectivity index (χ4n) is 0.108. The lowest BCUT2D eigenvalue weighted by Crippen LogP contribution is -1.76. The molecule has 2 heteroatoms. The fraction of sp³-hybridized carbons (Fsp3) is 0.500. The zero-order valence-corrected chi connectivity index (χ0v) is 5.10. The van der Waals surface area contributed by atoms with Crippen molar-refractivity contribution >= 4 is 15.9 Å². The Labute approximate surface area is 45.8 Å². The van der Waals surface area contributed by atoms with E-state index in [0.717, 1.165) is 6.26 Å². The lowest BCUT2D eigenvalue weighted by atomic mass is 10.5. The van der Waals surface area contributed by atoms with E-state index in [0.29, 0.717) is 0 Å². The van der Waals surface area contributed by atoms with Gasteiger partial charge in [-0.05, 0) is 13.0 Å². The molecule has 0 saturated carbocycles. The Kier molecular flexibility index (Phi) is 3.23. The van der Waals surface area contributed by atoms with E-state index in [4.69, 9.17) is 0 Å². The third-order valence-corrected chi connectivity index (χ3v) is 0.649. The number of allylic oxidation sites excluding steroid dienone is 1. The Balaban J connectivity index is 3.03. The molecule has 0 amide bonds. The lowest BCUT2D eigenvalue weighted by molar-refractivity contribution is 0.350. The Bertz CT molecular complexity index is 49.5. The van der Waals surface area contributed by atoms with Gasteiger partial charge >= 0.3 is 0 Å². The number of hydrogen-bond donors (Lipinski definition) is 0. The zero-order chi connectivity index (χ0) is 4.99. The Morgan fingerprint density at radius 2 is 2.33 bits per heavy atom. The average Bonchev–Trinajstić information content (AvgIpc) is 1.35. The molecule has 0 aliphatic heterocycles. The van der Waals surface area contributed by atoms with E-state index in [2.05, 4.69) is 15.9 Å². The summed E-state index contributed by atoms with van der Waals surface area (Å²) in [6, 6.07) is 0. The second-order valence-electron chi connectivity index (χ2n) is 1.01. The lowest BCUT2D eigenvalue weighted by Gasteiger charge is -1.82. The van der Waals surface area contributed by atoms with Gasteiger partial charge in [-0.25, -0.2) is 0 Å². The maximum absolute atomic E-state index is 9.53. The van der Waals surface area contributed by atoms with E-state index in [1.807, 2.05) is 6.92 Å². The van der Waals surface area contributed by atoms with E-state index in [1.54, 1.807) is 0 Å². The summed E-state index contributed by atoms with van der Waals surface area (Å²) in [5.74, 6) is 0. The van der Waals surface area contributed by atoms with Crippen LogP contribution in [0.25, 0.3) is 0 Å². The second kappa shape index (κ2) is 3.22. The van der Waals surface area contributed by atoms with E-state index in [1.165, 1.54) is 6.08 Å². The summed E-state index contributed by atoms with van der Waals surface area (Å²) in [6.45, 7) is 1.88. The highest BCUT2D eigenvalue weighted by Gasteiger charge is 1.81. The first kappa shape index (κ1) is 6.02. The minimum Gasteiger partial charge on any atom is -0.299 e. The number of rotatable bonds is 1. The van der Waals surface area contributed by atoms with Crippen molar-refractivity contribution < 1.29 is 5.11 Å². The first-order valence-electron chi connectivity index (χ1n) is 1.70.